The Morgan fingerprint density at radius 1 is 1.15 bits per heavy atom. The Hall–Kier alpha value is -2.87. The molecule has 1 aromatic heterocycles. The second kappa shape index (κ2) is 12.4. The lowest BCUT2D eigenvalue weighted by Gasteiger charge is -2.22. The van der Waals surface area contributed by atoms with Crippen LogP contribution in [0.4, 0.5) is 10.6 Å². The first-order chi connectivity index (χ1) is 15.7. The molecule has 1 heterocycles. The van der Waals surface area contributed by atoms with Crippen molar-refractivity contribution >= 4 is 17.8 Å². The number of methoxy groups -OCH3 is 1. The van der Waals surface area contributed by atoms with Crippen LogP contribution in [0.3, 0.4) is 0 Å². The summed E-state index contributed by atoms with van der Waals surface area (Å²) in [5.74, 6) is 0.309. The summed E-state index contributed by atoms with van der Waals surface area (Å²) >= 11 is 0. The Morgan fingerprint density at radius 2 is 1.85 bits per heavy atom. The summed E-state index contributed by atoms with van der Waals surface area (Å²) in [6.07, 6.45) is 2.54. The summed E-state index contributed by atoms with van der Waals surface area (Å²) in [7, 11) is 1.62. The number of carbonyl (C=O) groups excluding carboxylic acids is 2. The maximum atomic E-state index is 13.0. The van der Waals surface area contributed by atoms with Crippen molar-refractivity contribution in [3.8, 4) is 5.69 Å². The van der Waals surface area contributed by atoms with E-state index in [0.717, 1.165) is 29.8 Å². The highest BCUT2D eigenvalue weighted by Crippen LogP contribution is 2.26. The monoisotopic (exact) mass is 457 g/mol. The summed E-state index contributed by atoms with van der Waals surface area (Å²) in [4.78, 5) is 27.1. The van der Waals surface area contributed by atoms with E-state index >= 15 is 0 Å². The van der Waals surface area contributed by atoms with E-state index in [4.69, 9.17) is 9.84 Å². The molecule has 0 unspecified atom stereocenters. The van der Waals surface area contributed by atoms with Gasteiger partial charge in [0.05, 0.1) is 11.4 Å². The van der Waals surface area contributed by atoms with Gasteiger partial charge in [-0.25, -0.2) is 9.48 Å². The van der Waals surface area contributed by atoms with Crippen LogP contribution in [0.25, 0.3) is 5.69 Å². The van der Waals surface area contributed by atoms with Crippen molar-refractivity contribution in [1.82, 2.24) is 20.0 Å². The van der Waals surface area contributed by atoms with Gasteiger partial charge >= 0.3 is 6.03 Å². The first kappa shape index (κ1) is 26.4. The molecule has 0 aliphatic heterocycles. The predicted molar refractivity (Wildman–Crippen MR) is 132 cm³/mol. The molecule has 2 rings (SSSR count). The summed E-state index contributed by atoms with van der Waals surface area (Å²) in [6.45, 7) is 11.8. The fraction of sp³-hybridized carbons (Fsp3) is 0.560. The first-order valence-electron chi connectivity index (χ1n) is 11.6. The number of hydrogen-bond donors (Lipinski definition) is 2. The van der Waals surface area contributed by atoms with E-state index in [9.17, 15) is 9.59 Å². The van der Waals surface area contributed by atoms with Crippen molar-refractivity contribution < 1.29 is 14.3 Å². The Labute approximate surface area is 197 Å². The van der Waals surface area contributed by atoms with Crippen LogP contribution >= 0.6 is 0 Å². The highest BCUT2D eigenvalue weighted by molar-refractivity contribution is 5.94. The number of urea groups is 1. The van der Waals surface area contributed by atoms with E-state index in [-0.39, 0.29) is 23.9 Å². The van der Waals surface area contributed by atoms with Crippen LogP contribution in [0.1, 0.15) is 58.2 Å². The fourth-order valence-electron chi connectivity index (χ4n) is 3.21. The number of nitrogens with one attached hydrogen (secondary N) is 2. The maximum absolute atomic E-state index is 13.0. The molecule has 0 aliphatic carbocycles. The average Bonchev–Trinajstić information content (AvgIpc) is 3.18. The maximum Gasteiger partial charge on any atom is 0.317 e. The number of carbonyl (C=O) groups is 2. The van der Waals surface area contributed by atoms with Gasteiger partial charge in [0.25, 0.3) is 0 Å². The van der Waals surface area contributed by atoms with Gasteiger partial charge < -0.3 is 20.3 Å². The van der Waals surface area contributed by atoms with E-state index in [2.05, 4.69) is 38.3 Å². The zero-order valence-corrected chi connectivity index (χ0v) is 20.9. The topological polar surface area (TPSA) is 88.5 Å². The molecule has 0 saturated carbocycles. The molecule has 0 atom stereocenters. The van der Waals surface area contributed by atoms with E-state index in [1.54, 1.807) is 11.8 Å². The molecule has 0 fully saturated rings. The Morgan fingerprint density at radius 3 is 2.45 bits per heavy atom. The highest BCUT2D eigenvalue weighted by Gasteiger charge is 2.23. The number of amides is 3. The van der Waals surface area contributed by atoms with Crippen LogP contribution in [0, 0.1) is 6.92 Å². The van der Waals surface area contributed by atoms with Gasteiger partial charge in [-0.15, -0.1) is 0 Å². The minimum Gasteiger partial charge on any atom is -0.385 e. The minimum absolute atomic E-state index is 0.0500. The number of nitrogens with zero attached hydrogens (tertiary/aromatic N) is 3. The van der Waals surface area contributed by atoms with Crippen LogP contribution in [0.5, 0.6) is 0 Å². The third-order valence-corrected chi connectivity index (χ3v) is 5.23. The molecule has 33 heavy (non-hydrogen) atoms. The summed E-state index contributed by atoms with van der Waals surface area (Å²) in [6, 6.07) is 9.63. The molecule has 2 aromatic rings. The van der Waals surface area contributed by atoms with Crippen LogP contribution < -0.4 is 10.6 Å². The molecule has 182 valence electrons. The highest BCUT2D eigenvalue weighted by atomic mass is 16.5. The van der Waals surface area contributed by atoms with Crippen LogP contribution in [-0.2, 0) is 14.9 Å². The molecule has 3 amide bonds. The lowest BCUT2D eigenvalue weighted by atomic mass is 9.92. The first-order valence-corrected chi connectivity index (χ1v) is 11.6. The van der Waals surface area contributed by atoms with Crippen LogP contribution in [0.2, 0.25) is 0 Å². The molecule has 0 saturated heterocycles. The Balaban J connectivity index is 2.20. The van der Waals surface area contributed by atoms with E-state index < -0.39 is 0 Å². The summed E-state index contributed by atoms with van der Waals surface area (Å²) < 4.78 is 6.85. The number of ether oxygens (including phenoxy) is 1. The van der Waals surface area contributed by atoms with Gasteiger partial charge in [0.1, 0.15) is 12.4 Å². The van der Waals surface area contributed by atoms with Gasteiger partial charge in [-0.1, -0.05) is 51.8 Å². The minimum atomic E-state index is -0.272. The molecular weight excluding hydrogens is 418 g/mol. The Bertz CT molecular complexity index is 900. The standard InChI is InChI=1S/C25H39N5O3/c1-7-8-14-26-24(32)29(15-9-16-33-6)18-23(31)27-22-17-21(25(3,4)5)28-30(22)20-12-10-19(2)11-13-20/h10-13,17H,7-9,14-16,18H2,1-6H3,(H,26,32)(H,27,31). The average molecular weight is 458 g/mol. The number of hydrogen-bond acceptors (Lipinski definition) is 4. The number of unbranched alkanes of at least 4 members (excludes halogenated alkanes) is 1. The lowest BCUT2D eigenvalue weighted by molar-refractivity contribution is -0.116. The lowest BCUT2D eigenvalue weighted by Crippen LogP contribution is -2.45. The number of aromatic nitrogens is 2. The van der Waals surface area contributed by atoms with Crippen molar-refractivity contribution in [2.24, 2.45) is 0 Å². The van der Waals surface area contributed by atoms with Crippen molar-refractivity contribution in [1.29, 1.82) is 0 Å². The van der Waals surface area contributed by atoms with Gasteiger partial charge in [0, 0.05) is 38.3 Å². The Kier molecular flexibility index (Phi) is 9.91. The van der Waals surface area contributed by atoms with Crippen molar-refractivity contribution in [2.45, 2.75) is 59.3 Å². The van der Waals surface area contributed by atoms with Crippen molar-refractivity contribution in [3.63, 3.8) is 0 Å². The molecule has 1 aromatic carbocycles. The van der Waals surface area contributed by atoms with E-state index in [0.29, 0.717) is 31.9 Å². The number of anilines is 1. The normalized spacial score (nSPS) is 11.3. The fourth-order valence-corrected chi connectivity index (χ4v) is 3.21. The quantitative estimate of drug-likeness (QED) is 0.493. The second-order valence-corrected chi connectivity index (χ2v) is 9.31. The molecule has 8 heteroatoms. The zero-order valence-electron chi connectivity index (χ0n) is 20.9. The van der Waals surface area contributed by atoms with Gasteiger partial charge in [0.15, 0.2) is 0 Å². The summed E-state index contributed by atoms with van der Waals surface area (Å²) in [5, 5.41) is 10.6. The van der Waals surface area contributed by atoms with Gasteiger partial charge in [-0.2, -0.15) is 5.10 Å². The summed E-state index contributed by atoms with van der Waals surface area (Å²) in [5.41, 5.74) is 2.70. The number of aryl methyl sites for hydroxylation is 1. The largest absolute Gasteiger partial charge is 0.385 e. The van der Waals surface area contributed by atoms with Crippen LogP contribution in [-0.4, -0.2) is 60.0 Å². The molecule has 0 radical (unpaired) electrons. The second-order valence-electron chi connectivity index (χ2n) is 9.31. The predicted octanol–water partition coefficient (Wildman–Crippen LogP) is 4.26. The van der Waals surface area contributed by atoms with Crippen molar-refractivity contribution in [2.75, 3.05) is 38.7 Å². The van der Waals surface area contributed by atoms with E-state index in [1.807, 2.05) is 37.3 Å². The molecule has 0 aliphatic rings. The third-order valence-electron chi connectivity index (χ3n) is 5.23. The molecule has 2 N–H and O–H groups in total. The smallest absolute Gasteiger partial charge is 0.317 e. The van der Waals surface area contributed by atoms with Gasteiger partial charge in [-0.3, -0.25) is 4.79 Å². The zero-order chi connectivity index (χ0) is 24.4. The third kappa shape index (κ3) is 8.20. The molecule has 0 spiro atoms. The number of benzene rings is 1. The van der Waals surface area contributed by atoms with Gasteiger partial charge in [-0.05, 0) is 31.9 Å². The van der Waals surface area contributed by atoms with Crippen molar-refractivity contribution in [3.05, 3.63) is 41.6 Å². The van der Waals surface area contributed by atoms with E-state index in [1.165, 1.54) is 4.90 Å². The number of rotatable bonds is 11. The van der Waals surface area contributed by atoms with Crippen LogP contribution in [0.15, 0.2) is 30.3 Å². The van der Waals surface area contributed by atoms with Gasteiger partial charge in [0.2, 0.25) is 5.91 Å². The molecule has 0 bridgehead atoms. The molecular formula is C25H39N5O3. The molecule has 8 nitrogen and oxygen atoms in total. The SMILES string of the molecule is CCCCNC(=O)N(CCCOC)CC(=O)Nc1cc(C(C)(C)C)nn1-c1ccc(C)cc1.